The molecule has 2 heterocycles. The van der Waals surface area contributed by atoms with Crippen LogP contribution in [-0.2, 0) is 27.3 Å². The Bertz CT molecular complexity index is 1440. The second-order valence-electron chi connectivity index (χ2n) is 14.0. The number of amides is 3. The van der Waals surface area contributed by atoms with Gasteiger partial charge in [-0.25, -0.2) is 4.39 Å². The molecule has 12 heteroatoms. The predicted molar refractivity (Wildman–Crippen MR) is 180 cm³/mol. The predicted octanol–water partition coefficient (Wildman–Crippen LogP) is 3.65. The minimum atomic E-state index is -1.00. The lowest BCUT2D eigenvalue weighted by molar-refractivity contribution is -0.143. The second kappa shape index (κ2) is 16.2. The van der Waals surface area contributed by atoms with E-state index in [1.165, 1.54) is 6.07 Å². The fourth-order valence-electron chi connectivity index (χ4n) is 6.90. The molecule has 1 saturated heterocycles. The maximum Gasteiger partial charge on any atom is 0.270 e. The van der Waals surface area contributed by atoms with Crippen molar-refractivity contribution in [2.24, 2.45) is 11.8 Å². The summed E-state index contributed by atoms with van der Waals surface area (Å²) in [4.78, 5) is 56.9. The van der Waals surface area contributed by atoms with E-state index < -0.39 is 29.5 Å². The third kappa shape index (κ3) is 9.07. The van der Waals surface area contributed by atoms with Crippen LogP contribution in [-0.4, -0.2) is 92.2 Å². The smallest absolute Gasteiger partial charge is 0.270 e. The van der Waals surface area contributed by atoms with Gasteiger partial charge in [0.05, 0.1) is 6.04 Å². The summed E-state index contributed by atoms with van der Waals surface area (Å²) in [6.07, 6.45) is 5.08. The third-order valence-electron chi connectivity index (χ3n) is 10.2. The van der Waals surface area contributed by atoms with E-state index in [1.807, 2.05) is 11.8 Å². The number of halogens is 1. The first-order chi connectivity index (χ1) is 22.7. The largest absolute Gasteiger partial charge is 0.376 e. The highest BCUT2D eigenvalue weighted by molar-refractivity contribution is 5.97. The van der Waals surface area contributed by atoms with Crippen LogP contribution >= 0.6 is 0 Å². The number of carbonyl (C=O) groups is 4. The Kier molecular flexibility index (Phi) is 12.5. The summed E-state index contributed by atoms with van der Waals surface area (Å²) < 4.78 is 17.3. The average molecular weight is 669 g/mol. The number of aliphatic hydroxyl groups is 1. The highest BCUT2D eigenvalue weighted by atomic mass is 19.1. The van der Waals surface area contributed by atoms with Gasteiger partial charge in [0.25, 0.3) is 5.91 Å². The monoisotopic (exact) mass is 668 g/mol. The average Bonchev–Trinajstić information content (AvgIpc) is 3.55. The summed E-state index contributed by atoms with van der Waals surface area (Å²) in [6.45, 7) is 13.2. The van der Waals surface area contributed by atoms with Crippen molar-refractivity contribution in [3.63, 3.8) is 0 Å². The first-order valence-corrected chi connectivity index (χ1v) is 17.4. The van der Waals surface area contributed by atoms with Crippen LogP contribution in [0.2, 0.25) is 0 Å². The van der Waals surface area contributed by atoms with Crippen molar-refractivity contribution in [1.29, 1.82) is 0 Å². The summed E-state index contributed by atoms with van der Waals surface area (Å²) in [6, 6.07) is 4.57. The molecule has 1 saturated carbocycles. The van der Waals surface area contributed by atoms with E-state index in [0.717, 1.165) is 25.7 Å². The zero-order valence-corrected chi connectivity index (χ0v) is 29.3. The molecule has 4 rings (SSSR count). The number of nitrogens with zero attached hydrogens (tertiary/aromatic N) is 4. The second-order valence-corrected chi connectivity index (χ2v) is 14.0. The fourth-order valence-corrected chi connectivity index (χ4v) is 6.90. The number of aryl methyl sites for hydroxylation is 1. The van der Waals surface area contributed by atoms with Gasteiger partial charge in [-0.15, -0.1) is 0 Å². The van der Waals surface area contributed by atoms with Gasteiger partial charge < -0.3 is 20.6 Å². The van der Waals surface area contributed by atoms with Gasteiger partial charge in [-0.2, -0.15) is 5.10 Å². The van der Waals surface area contributed by atoms with Crippen molar-refractivity contribution in [2.45, 2.75) is 110 Å². The molecule has 1 aromatic carbocycles. The van der Waals surface area contributed by atoms with Gasteiger partial charge in [0.15, 0.2) is 5.78 Å². The number of Topliss-reactive ketones (excluding diaryl/α,β-unsaturated/α-hetero) is 1. The van der Waals surface area contributed by atoms with Crippen molar-refractivity contribution in [2.75, 3.05) is 26.2 Å². The number of benzene rings is 1. The normalized spacial score (nSPS) is 20.9. The molecule has 1 aliphatic carbocycles. The highest BCUT2D eigenvalue weighted by Crippen LogP contribution is 2.32. The summed E-state index contributed by atoms with van der Waals surface area (Å²) in [5.74, 6) is -1.80. The van der Waals surface area contributed by atoms with Gasteiger partial charge in [-0.3, -0.25) is 28.8 Å². The maximum atomic E-state index is 15.8. The Morgan fingerprint density at radius 1 is 1.02 bits per heavy atom. The lowest BCUT2D eigenvalue weighted by Gasteiger charge is -2.42. The number of nitrogens with one attached hydrogen (secondary N) is 2. The van der Waals surface area contributed by atoms with Crippen LogP contribution in [0.4, 0.5) is 4.39 Å². The van der Waals surface area contributed by atoms with E-state index in [1.54, 1.807) is 61.7 Å². The van der Waals surface area contributed by atoms with Crippen LogP contribution in [0.5, 0.6) is 0 Å². The highest BCUT2D eigenvalue weighted by Gasteiger charge is 2.36. The van der Waals surface area contributed by atoms with E-state index >= 15 is 4.39 Å². The lowest BCUT2D eigenvalue weighted by atomic mass is 9.77. The summed E-state index contributed by atoms with van der Waals surface area (Å²) in [7, 11) is 0. The molecule has 48 heavy (non-hydrogen) atoms. The topological polar surface area (TPSA) is 137 Å². The summed E-state index contributed by atoms with van der Waals surface area (Å²) in [5.41, 5.74) is 0.106. The van der Waals surface area contributed by atoms with Crippen LogP contribution in [0.15, 0.2) is 30.5 Å². The minimum absolute atomic E-state index is 0.0442. The van der Waals surface area contributed by atoms with Crippen LogP contribution in [0.3, 0.4) is 0 Å². The molecule has 0 bridgehead atoms. The molecule has 0 unspecified atom stereocenters. The van der Waals surface area contributed by atoms with Gasteiger partial charge in [0.1, 0.15) is 23.3 Å². The molecular formula is C36H53FN6O5. The fraction of sp³-hybridized carbons (Fsp3) is 0.639. The van der Waals surface area contributed by atoms with E-state index in [-0.39, 0.29) is 47.8 Å². The van der Waals surface area contributed by atoms with E-state index in [2.05, 4.69) is 22.7 Å². The number of rotatable bonds is 13. The number of ketones is 1. The number of hydrogen-bond acceptors (Lipinski definition) is 7. The number of piperazine rings is 1. The zero-order valence-electron chi connectivity index (χ0n) is 29.3. The molecule has 11 nitrogen and oxygen atoms in total. The maximum absolute atomic E-state index is 15.8. The van der Waals surface area contributed by atoms with Crippen LogP contribution in [0.25, 0.3) is 0 Å². The SMILES string of the molecule is CCC(=O)N[C@@H](C(=O)N1CCN(C(C)(C)O)CC1)[C@@H](C)c1ccc(CC(=O)[C@@H](NC(=O)c2ccnn2CC)C2CCC(C)CC2)c(F)c1. The lowest BCUT2D eigenvalue weighted by Crippen LogP contribution is -2.59. The molecular weight excluding hydrogens is 615 g/mol. The first-order valence-electron chi connectivity index (χ1n) is 17.4. The van der Waals surface area contributed by atoms with E-state index in [4.69, 9.17) is 0 Å². The number of carbonyl (C=O) groups excluding carboxylic acids is 4. The van der Waals surface area contributed by atoms with Crippen LogP contribution in [0, 0.1) is 17.7 Å². The molecule has 1 aromatic heterocycles. The van der Waals surface area contributed by atoms with Gasteiger partial charge >= 0.3 is 0 Å². The van der Waals surface area contributed by atoms with E-state index in [9.17, 15) is 24.3 Å². The minimum Gasteiger partial charge on any atom is -0.376 e. The Balaban J connectivity index is 1.50. The molecule has 3 amide bonds. The standard InChI is InChI=1S/C36H53FN6O5/c1-7-31(45)39-32(35(47)41-17-19-42(20-18-41)36(5,6)48)24(4)26-13-14-27(28(37)21-26)22-30(44)33(25-11-9-23(3)10-12-25)40-34(46)29-15-16-38-43(29)8-2/h13-16,21,23-25,32-33,48H,7-12,17-20,22H2,1-6H3,(H,39,45)(H,40,46)/t23?,24-,25?,32+,33-/m0/s1. The van der Waals surface area contributed by atoms with Gasteiger partial charge in [0.2, 0.25) is 11.8 Å². The van der Waals surface area contributed by atoms with Crippen LogP contribution in [0.1, 0.15) is 101 Å². The van der Waals surface area contributed by atoms with Crippen molar-refractivity contribution >= 4 is 23.5 Å². The van der Waals surface area contributed by atoms with Crippen molar-refractivity contribution in [3.8, 4) is 0 Å². The summed E-state index contributed by atoms with van der Waals surface area (Å²) in [5, 5.41) is 20.4. The molecule has 264 valence electrons. The molecule has 1 aliphatic heterocycles. The number of hydrogen-bond donors (Lipinski definition) is 3. The van der Waals surface area contributed by atoms with Crippen molar-refractivity contribution < 1.29 is 28.7 Å². The van der Waals surface area contributed by atoms with Gasteiger partial charge in [-0.05, 0) is 68.7 Å². The Morgan fingerprint density at radius 3 is 2.27 bits per heavy atom. The Labute approximate surface area is 283 Å². The van der Waals surface area contributed by atoms with Crippen LogP contribution < -0.4 is 10.6 Å². The molecule has 2 aliphatic rings. The van der Waals surface area contributed by atoms with E-state index in [0.29, 0.717) is 49.9 Å². The Morgan fingerprint density at radius 2 is 1.69 bits per heavy atom. The molecule has 2 fully saturated rings. The molecule has 3 N–H and O–H groups in total. The van der Waals surface area contributed by atoms with Crippen molar-refractivity contribution in [1.82, 2.24) is 30.2 Å². The molecule has 2 aromatic rings. The first kappa shape index (κ1) is 37.2. The van der Waals surface area contributed by atoms with Gasteiger partial charge in [-0.1, -0.05) is 45.7 Å². The van der Waals surface area contributed by atoms with Crippen molar-refractivity contribution in [3.05, 3.63) is 53.1 Å². The molecule has 0 spiro atoms. The molecule has 3 atom stereocenters. The number of aromatic nitrogens is 2. The van der Waals surface area contributed by atoms with Gasteiger partial charge in [0, 0.05) is 57.7 Å². The Hall–Kier alpha value is -3.64. The quantitative estimate of drug-likeness (QED) is 0.297. The summed E-state index contributed by atoms with van der Waals surface area (Å²) >= 11 is 0. The third-order valence-corrected chi connectivity index (χ3v) is 10.2. The molecule has 0 radical (unpaired) electrons. The zero-order chi connectivity index (χ0) is 35.2.